The van der Waals surface area contributed by atoms with Crippen LogP contribution in [0.3, 0.4) is 0 Å². The van der Waals surface area contributed by atoms with Crippen molar-refractivity contribution in [3.8, 4) is 0 Å². The second-order valence-corrected chi connectivity index (χ2v) is 5.30. The molecule has 18 heavy (non-hydrogen) atoms. The molecule has 0 fully saturated rings. The van der Waals surface area contributed by atoms with E-state index in [4.69, 9.17) is 23.2 Å². The van der Waals surface area contributed by atoms with Gasteiger partial charge in [-0.2, -0.15) is 0 Å². The summed E-state index contributed by atoms with van der Waals surface area (Å²) in [5.41, 5.74) is 1.17. The fourth-order valence-electron chi connectivity index (χ4n) is 1.95. The number of halogens is 2. The van der Waals surface area contributed by atoms with Gasteiger partial charge in [-0.05, 0) is 56.0 Å². The average molecular weight is 286 g/mol. The maximum Gasteiger partial charge on any atom is 0.0424 e. The van der Waals surface area contributed by atoms with Crippen LogP contribution in [0.4, 0.5) is 0 Å². The van der Waals surface area contributed by atoms with Gasteiger partial charge in [0, 0.05) is 16.1 Å². The molecule has 3 heteroatoms. The monoisotopic (exact) mass is 285 g/mol. The van der Waals surface area contributed by atoms with Gasteiger partial charge in [-0.15, -0.1) is 6.58 Å². The van der Waals surface area contributed by atoms with Crippen LogP contribution in [0, 0.1) is 0 Å². The highest BCUT2D eigenvalue weighted by Crippen LogP contribution is 2.26. The van der Waals surface area contributed by atoms with Gasteiger partial charge in [-0.3, -0.25) is 0 Å². The van der Waals surface area contributed by atoms with E-state index in [9.17, 15) is 0 Å². The molecule has 1 N–H and O–H groups in total. The van der Waals surface area contributed by atoms with Crippen LogP contribution in [0.1, 0.15) is 44.2 Å². The Balaban J connectivity index is 2.75. The summed E-state index contributed by atoms with van der Waals surface area (Å²) in [7, 11) is 0. The number of nitrogens with one attached hydrogen (secondary N) is 1. The molecule has 0 aliphatic carbocycles. The number of hydrogen-bond acceptors (Lipinski definition) is 1. The third kappa shape index (κ3) is 5.43. The maximum atomic E-state index is 6.06. The Morgan fingerprint density at radius 3 is 2.50 bits per heavy atom. The lowest BCUT2D eigenvalue weighted by Gasteiger charge is -2.19. The summed E-state index contributed by atoms with van der Waals surface area (Å²) >= 11 is 12.1. The predicted octanol–water partition coefficient (Wildman–Crippen LogP) is 5.39. The highest BCUT2D eigenvalue weighted by atomic mass is 35.5. The van der Waals surface area contributed by atoms with E-state index in [0.717, 1.165) is 32.2 Å². The van der Waals surface area contributed by atoms with Crippen molar-refractivity contribution >= 4 is 23.2 Å². The molecule has 1 nitrogen and oxygen atoms in total. The Morgan fingerprint density at radius 1 is 1.28 bits per heavy atom. The zero-order valence-corrected chi connectivity index (χ0v) is 12.4. The minimum Gasteiger partial charge on any atom is -0.310 e. The molecule has 0 spiro atoms. The molecule has 1 unspecified atom stereocenters. The number of allylic oxidation sites excluding steroid dienone is 1. The summed E-state index contributed by atoms with van der Waals surface area (Å²) in [6.45, 7) is 6.93. The SMILES string of the molecule is C=CCCCC(NCCC)c1cc(Cl)cc(Cl)c1. The normalized spacial score (nSPS) is 12.4. The largest absolute Gasteiger partial charge is 0.310 e. The summed E-state index contributed by atoms with van der Waals surface area (Å²) in [5.74, 6) is 0. The molecule has 0 radical (unpaired) electrons. The minimum absolute atomic E-state index is 0.320. The quantitative estimate of drug-likeness (QED) is 0.499. The van der Waals surface area contributed by atoms with Crippen molar-refractivity contribution in [2.45, 2.75) is 38.6 Å². The van der Waals surface area contributed by atoms with Crippen LogP contribution in [0.5, 0.6) is 0 Å². The summed E-state index contributed by atoms with van der Waals surface area (Å²) in [6, 6.07) is 6.08. The van der Waals surface area contributed by atoms with Crippen molar-refractivity contribution in [3.05, 3.63) is 46.5 Å². The predicted molar refractivity (Wildman–Crippen MR) is 81.5 cm³/mol. The van der Waals surface area contributed by atoms with Crippen LogP contribution in [-0.4, -0.2) is 6.54 Å². The second kappa shape index (κ2) is 8.58. The maximum absolute atomic E-state index is 6.06. The number of hydrogen-bond donors (Lipinski definition) is 1. The molecule has 1 aromatic carbocycles. The van der Waals surface area contributed by atoms with Crippen LogP contribution >= 0.6 is 23.2 Å². The third-order valence-corrected chi connectivity index (χ3v) is 3.27. The first kappa shape index (κ1) is 15.6. The Bertz CT molecular complexity index is 357. The molecule has 100 valence electrons. The first-order valence-electron chi connectivity index (χ1n) is 6.47. The molecule has 0 aliphatic rings. The van der Waals surface area contributed by atoms with Crippen molar-refractivity contribution in [3.63, 3.8) is 0 Å². The van der Waals surface area contributed by atoms with E-state index in [-0.39, 0.29) is 0 Å². The van der Waals surface area contributed by atoms with E-state index in [2.05, 4.69) is 18.8 Å². The van der Waals surface area contributed by atoms with Gasteiger partial charge in [0.05, 0.1) is 0 Å². The molecule has 1 atom stereocenters. The van der Waals surface area contributed by atoms with Gasteiger partial charge in [0.1, 0.15) is 0 Å². The molecule has 0 aliphatic heterocycles. The number of rotatable bonds is 8. The van der Waals surface area contributed by atoms with Crippen molar-refractivity contribution in [1.29, 1.82) is 0 Å². The van der Waals surface area contributed by atoms with E-state index in [0.29, 0.717) is 16.1 Å². The fraction of sp³-hybridized carbons (Fsp3) is 0.467. The van der Waals surface area contributed by atoms with Gasteiger partial charge < -0.3 is 5.32 Å². The van der Waals surface area contributed by atoms with Gasteiger partial charge >= 0.3 is 0 Å². The topological polar surface area (TPSA) is 12.0 Å². The molecule has 0 saturated carbocycles. The molecule has 0 aromatic heterocycles. The number of unbranched alkanes of at least 4 members (excludes halogenated alkanes) is 1. The first-order valence-corrected chi connectivity index (χ1v) is 7.23. The second-order valence-electron chi connectivity index (χ2n) is 4.43. The summed E-state index contributed by atoms with van der Waals surface area (Å²) < 4.78 is 0. The van der Waals surface area contributed by atoms with Crippen LogP contribution in [0.2, 0.25) is 10.0 Å². The smallest absolute Gasteiger partial charge is 0.0424 e. The molecule has 0 bridgehead atoms. The highest BCUT2D eigenvalue weighted by molar-refractivity contribution is 6.34. The molecule has 1 rings (SSSR count). The Labute approximate surface area is 120 Å². The zero-order chi connectivity index (χ0) is 13.4. The molecular formula is C15H21Cl2N. The van der Waals surface area contributed by atoms with E-state index in [1.54, 1.807) is 6.07 Å². The van der Waals surface area contributed by atoms with Crippen LogP contribution in [-0.2, 0) is 0 Å². The van der Waals surface area contributed by atoms with Crippen molar-refractivity contribution in [2.75, 3.05) is 6.54 Å². The first-order chi connectivity index (χ1) is 8.67. The molecule has 0 saturated heterocycles. The van der Waals surface area contributed by atoms with Crippen molar-refractivity contribution in [1.82, 2.24) is 5.32 Å². The summed E-state index contributed by atoms with van der Waals surface area (Å²) in [5, 5.41) is 4.94. The van der Waals surface area contributed by atoms with Crippen LogP contribution in [0.15, 0.2) is 30.9 Å². The Morgan fingerprint density at radius 2 is 1.94 bits per heavy atom. The van der Waals surface area contributed by atoms with Gasteiger partial charge in [0.2, 0.25) is 0 Å². The number of benzene rings is 1. The fourth-order valence-corrected chi connectivity index (χ4v) is 2.49. The van der Waals surface area contributed by atoms with Crippen LogP contribution < -0.4 is 5.32 Å². The van der Waals surface area contributed by atoms with Crippen LogP contribution in [0.25, 0.3) is 0 Å². The lowest BCUT2D eigenvalue weighted by atomic mass is 10.0. The van der Waals surface area contributed by atoms with E-state index in [1.165, 1.54) is 5.56 Å². The minimum atomic E-state index is 0.320. The van der Waals surface area contributed by atoms with Crippen molar-refractivity contribution < 1.29 is 0 Å². The van der Waals surface area contributed by atoms with E-state index in [1.807, 2.05) is 18.2 Å². The molecule has 0 heterocycles. The zero-order valence-electron chi connectivity index (χ0n) is 10.9. The van der Waals surface area contributed by atoms with Gasteiger partial charge in [-0.1, -0.05) is 36.2 Å². The highest BCUT2D eigenvalue weighted by Gasteiger charge is 2.11. The lowest BCUT2D eigenvalue weighted by Crippen LogP contribution is -2.22. The Kier molecular flexibility index (Phi) is 7.41. The van der Waals surface area contributed by atoms with Gasteiger partial charge in [0.15, 0.2) is 0 Å². The lowest BCUT2D eigenvalue weighted by molar-refractivity contribution is 0.486. The third-order valence-electron chi connectivity index (χ3n) is 2.83. The van der Waals surface area contributed by atoms with E-state index < -0.39 is 0 Å². The van der Waals surface area contributed by atoms with E-state index >= 15 is 0 Å². The van der Waals surface area contributed by atoms with Crippen molar-refractivity contribution in [2.24, 2.45) is 0 Å². The van der Waals surface area contributed by atoms with Gasteiger partial charge in [-0.25, -0.2) is 0 Å². The van der Waals surface area contributed by atoms with Gasteiger partial charge in [0.25, 0.3) is 0 Å². The standard InChI is InChI=1S/C15H21Cl2N/c1-3-5-6-7-15(18-8-4-2)12-9-13(16)11-14(17)10-12/h3,9-11,15,18H,1,4-8H2,2H3. The Hall–Kier alpha value is -0.500. The molecular weight excluding hydrogens is 265 g/mol. The molecule has 1 aromatic rings. The average Bonchev–Trinajstić information content (AvgIpc) is 2.32. The summed E-state index contributed by atoms with van der Waals surface area (Å²) in [4.78, 5) is 0. The summed E-state index contributed by atoms with van der Waals surface area (Å²) in [6.07, 6.45) is 6.31. The molecule has 0 amide bonds.